The highest BCUT2D eigenvalue weighted by Crippen LogP contribution is 2.40. The van der Waals surface area contributed by atoms with E-state index in [0.717, 1.165) is 43.8 Å². The maximum atomic E-state index is 12.7. The fourth-order valence-corrected chi connectivity index (χ4v) is 4.38. The standard InChI is InChI=1S/C15H20N2OS/c1-15(7-3-9-19-15)14(18)17-8-6-12-11(10-17)4-2-5-13(12)16/h2,4-5H,3,6-10,16H2,1H3. The van der Waals surface area contributed by atoms with E-state index < -0.39 is 0 Å². The average molecular weight is 276 g/mol. The van der Waals surface area contributed by atoms with Crippen LogP contribution in [0.5, 0.6) is 0 Å². The Bertz CT molecular complexity index is 509. The summed E-state index contributed by atoms with van der Waals surface area (Å²) in [5.74, 6) is 1.42. The second-order valence-corrected chi connectivity index (χ2v) is 7.24. The zero-order chi connectivity index (χ0) is 13.5. The summed E-state index contributed by atoms with van der Waals surface area (Å²) < 4.78 is -0.197. The van der Waals surface area contributed by atoms with Gasteiger partial charge in [0, 0.05) is 18.8 Å². The number of nitrogen functional groups attached to an aromatic ring is 1. The Balaban J connectivity index is 1.80. The molecule has 0 bridgehead atoms. The summed E-state index contributed by atoms with van der Waals surface area (Å²) in [5.41, 5.74) is 9.32. The minimum atomic E-state index is -0.197. The second kappa shape index (κ2) is 4.75. The molecule has 2 N–H and O–H groups in total. The molecule has 2 aliphatic rings. The molecule has 0 radical (unpaired) electrons. The molecule has 0 spiro atoms. The van der Waals surface area contributed by atoms with Crippen molar-refractivity contribution in [3.8, 4) is 0 Å². The molecular formula is C15H20N2OS. The van der Waals surface area contributed by atoms with E-state index in [1.54, 1.807) is 0 Å². The number of hydrogen-bond donors (Lipinski definition) is 1. The summed E-state index contributed by atoms with van der Waals surface area (Å²) in [6.07, 6.45) is 3.05. The van der Waals surface area contributed by atoms with Gasteiger partial charge >= 0.3 is 0 Å². The average Bonchev–Trinajstić information content (AvgIpc) is 2.86. The smallest absolute Gasteiger partial charge is 0.238 e. The molecule has 1 unspecified atom stereocenters. The van der Waals surface area contributed by atoms with Crippen molar-refractivity contribution in [2.24, 2.45) is 0 Å². The quantitative estimate of drug-likeness (QED) is 0.801. The van der Waals surface area contributed by atoms with E-state index in [2.05, 4.69) is 13.0 Å². The molecule has 2 heterocycles. The third-order valence-corrected chi connectivity index (χ3v) is 5.77. The molecule has 1 atom stereocenters. The maximum absolute atomic E-state index is 12.7. The number of carbonyl (C=O) groups is 1. The molecule has 1 saturated heterocycles. The van der Waals surface area contributed by atoms with Crippen LogP contribution in [0, 0.1) is 0 Å². The number of rotatable bonds is 1. The van der Waals surface area contributed by atoms with Crippen molar-refractivity contribution >= 4 is 23.4 Å². The van der Waals surface area contributed by atoms with Gasteiger partial charge in [0.15, 0.2) is 0 Å². The molecule has 0 saturated carbocycles. The second-order valence-electron chi connectivity index (χ2n) is 5.64. The zero-order valence-corrected chi connectivity index (χ0v) is 12.1. The van der Waals surface area contributed by atoms with Crippen LogP contribution in [0.25, 0.3) is 0 Å². The summed E-state index contributed by atoms with van der Waals surface area (Å²) >= 11 is 1.81. The molecule has 2 aliphatic heterocycles. The van der Waals surface area contributed by atoms with Crippen LogP contribution in [-0.2, 0) is 17.8 Å². The number of anilines is 1. The highest BCUT2D eigenvalue weighted by Gasteiger charge is 2.40. The monoisotopic (exact) mass is 276 g/mol. The number of fused-ring (bicyclic) bond motifs is 1. The van der Waals surface area contributed by atoms with E-state index in [9.17, 15) is 4.79 Å². The minimum absolute atomic E-state index is 0.197. The highest BCUT2D eigenvalue weighted by molar-refractivity contribution is 8.01. The molecule has 0 aromatic heterocycles. The molecule has 1 amide bonds. The summed E-state index contributed by atoms with van der Waals surface area (Å²) in [7, 11) is 0. The minimum Gasteiger partial charge on any atom is -0.398 e. The molecule has 4 heteroatoms. The van der Waals surface area contributed by atoms with Crippen LogP contribution in [0.15, 0.2) is 18.2 Å². The SMILES string of the molecule is CC1(C(=O)N2CCc3c(N)cccc3C2)CCCS1. The van der Waals surface area contributed by atoms with Crippen molar-refractivity contribution in [2.75, 3.05) is 18.0 Å². The first kappa shape index (κ1) is 12.9. The zero-order valence-electron chi connectivity index (χ0n) is 11.3. The highest BCUT2D eigenvalue weighted by atomic mass is 32.2. The van der Waals surface area contributed by atoms with Gasteiger partial charge in [0.2, 0.25) is 5.91 Å². The van der Waals surface area contributed by atoms with Crippen LogP contribution in [-0.4, -0.2) is 27.9 Å². The van der Waals surface area contributed by atoms with E-state index in [4.69, 9.17) is 5.73 Å². The third-order valence-electron chi connectivity index (χ3n) is 4.26. The Morgan fingerprint density at radius 1 is 1.47 bits per heavy atom. The summed E-state index contributed by atoms with van der Waals surface area (Å²) in [6.45, 7) is 3.62. The van der Waals surface area contributed by atoms with Gasteiger partial charge in [0.1, 0.15) is 0 Å². The fourth-order valence-electron chi connectivity index (χ4n) is 3.09. The Kier molecular flexibility index (Phi) is 3.21. The summed E-state index contributed by atoms with van der Waals surface area (Å²) in [4.78, 5) is 14.7. The van der Waals surface area contributed by atoms with Crippen molar-refractivity contribution in [1.29, 1.82) is 0 Å². The molecular weight excluding hydrogens is 256 g/mol. The van der Waals surface area contributed by atoms with Gasteiger partial charge in [-0.25, -0.2) is 0 Å². The molecule has 3 nitrogen and oxygen atoms in total. The molecule has 1 aromatic rings. The lowest BCUT2D eigenvalue weighted by molar-refractivity contribution is -0.134. The van der Waals surface area contributed by atoms with Gasteiger partial charge in [-0.05, 0) is 49.1 Å². The normalized spacial score (nSPS) is 26.3. The van der Waals surface area contributed by atoms with Gasteiger partial charge in [-0.1, -0.05) is 12.1 Å². The molecule has 1 fully saturated rings. The molecule has 0 aliphatic carbocycles. The van der Waals surface area contributed by atoms with Gasteiger partial charge in [0.25, 0.3) is 0 Å². The maximum Gasteiger partial charge on any atom is 0.238 e. The first-order valence-electron chi connectivity index (χ1n) is 6.90. The van der Waals surface area contributed by atoms with E-state index in [1.807, 2.05) is 28.8 Å². The van der Waals surface area contributed by atoms with Gasteiger partial charge in [0.05, 0.1) is 4.75 Å². The van der Waals surface area contributed by atoms with Gasteiger partial charge in [-0.3, -0.25) is 4.79 Å². The number of benzene rings is 1. The van der Waals surface area contributed by atoms with E-state index in [-0.39, 0.29) is 4.75 Å². The molecule has 19 heavy (non-hydrogen) atoms. The number of amides is 1. The van der Waals surface area contributed by atoms with Crippen LogP contribution in [0.3, 0.4) is 0 Å². The topological polar surface area (TPSA) is 46.3 Å². The number of hydrogen-bond acceptors (Lipinski definition) is 3. The van der Waals surface area contributed by atoms with Crippen molar-refractivity contribution in [2.45, 2.75) is 37.5 Å². The molecule has 3 rings (SSSR count). The van der Waals surface area contributed by atoms with E-state index in [1.165, 1.54) is 11.1 Å². The largest absolute Gasteiger partial charge is 0.398 e. The Labute approximate surface area is 118 Å². The Hall–Kier alpha value is -1.16. The lowest BCUT2D eigenvalue weighted by atomic mass is 9.96. The van der Waals surface area contributed by atoms with E-state index >= 15 is 0 Å². The van der Waals surface area contributed by atoms with Gasteiger partial charge < -0.3 is 10.6 Å². The first-order valence-corrected chi connectivity index (χ1v) is 7.88. The number of carbonyl (C=O) groups excluding carboxylic acids is 1. The predicted molar refractivity (Wildman–Crippen MR) is 80.1 cm³/mol. The number of nitrogens with zero attached hydrogens (tertiary/aromatic N) is 1. The van der Waals surface area contributed by atoms with Crippen LogP contribution in [0.1, 0.15) is 30.9 Å². The van der Waals surface area contributed by atoms with Crippen molar-refractivity contribution in [3.63, 3.8) is 0 Å². The number of thioether (sulfide) groups is 1. The Morgan fingerprint density at radius 3 is 3.05 bits per heavy atom. The van der Waals surface area contributed by atoms with Crippen LogP contribution in [0.4, 0.5) is 5.69 Å². The van der Waals surface area contributed by atoms with Gasteiger partial charge in [-0.2, -0.15) is 0 Å². The first-order chi connectivity index (χ1) is 9.10. The van der Waals surface area contributed by atoms with Crippen molar-refractivity contribution in [3.05, 3.63) is 29.3 Å². The van der Waals surface area contributed by atoms with Crippen molar-refractivity contribution in [1.82, 2.24) is 4.90 Å². The lowest BCUT2D eigenvalue weighted by Gasteiger charge is -2.35. The van der Waals surface area contributed by atoms with Crippen LogP contribution in [0.2, 0.25) is 0 Å². The molecule has 1 aromatic carbocycles. The molecule has 102 valence electrons. The van der Waals surface area contributed by atoms with E-state index in [0.29, 0.717) is 5.91 Å². The van der Waals surface area contributed by atoms with Crippen LogP contribution < -0.4 is 5.73 Å². The summed E-state index contributed by atoms with van der Waals surface area (Å²) in [6, 6.07) is 6.02. The predicted octanol–water partition coefficient (Wildman–Crippen LogP) is 2.44. The number of nitrogens with two attached hydrogens (primary N) is 1. The van der Waals surface area contributed by atoms with Crippen LogP contribution >= 0.6 is 11.8 Å². The van der Waals surface area contributed by atoms with Crippen molar-refractivity contribution < 1.29 is 4.79 Å². The fraction of sp³-hybridized carbons (Fsp3) is 0.533. The third kappa shape index (κ3) is 2.22. The van der Waals surface area contributed by atoms with Gasteiger partial charge in [-0.15, -0.1) is 11.8 Å². The summed E-state index contributed by atoms with van der Waals surface area (Å²) in [5, 5.41) is 0. The lowest BCUT2D eigenvalue weighted by Crippen LogP contribution is -2.46. The Morgan fingerprint density at radius 2 is 2.32 bits per heavy atom.